The summed E-state index contributed by atoms with van der Waals surface area (Å²) in [5.41, 5.74) is 1.51. The van der Waals surface area contributed by atoms with Crippen LogP contribution in [0.2, 0.25) is 0 Å². The third kappa shape index (κ3) is 4.34. The van der Waals surface area contributed by atoms with Crippen molar-refractivity contribution in [3.8, 4) is 11.5 Å². The standard InChI is InChI=1S/C21H22N2O4/c1-13-4-5-14-9-15(21(25)23-19(14)8-13)6-7-22-20(24)16-10-17(26-2)12-18(11-16)27-3/h4-5,8-12,15H,6-7H2,1-3H3,(H,22,24). The van der Waals surface area contributed by atoms with E-state index in [1.54, 1.807) is 18.2 Å². The third-order valence-corrected chi connectivity index (χ3v) is 4.47. The molecule has 0 fully saturated rings. The number of carbonyl (C=O) groups is 2. The van der Waals surface area contributed by atoms with E-state index in [2.05, 4.69) is 10.3 Å². The van der Waals surface area contributed by atoms with Gasteiger partial charge in [0.05, 0.1) is 25.5 Å². The average molecular weight is 366 g/mol. The largest absolute Gasteiger partial charge is 0.497 e. The fourth-order valence-corrected chi connectivity index (χ4v) is 2.97. The number of methoxy groups -OCH3 is 2. The summed E-state index contributed by atoms with van der Waals surface area (Å²) in [5.74, 6) is 0.330. The molecule has 1 aliphatic heterocycles. The van der Waals surface area contributed by atoms with Gasteiger partial charge in [0.1, 0.15) is 11.5 Å². The van der Waals surface area contributed by atoms with Crippen LogP contribution in [0.3, 0.4) is 0 Å². The lowest BCUT2D eigenvalue weighted by Gasteiger charge is -2.13. The number of nitrogens with one attached hydrogen (secondary N) is 1. The van der Waals surface area contributed by atoms with E-state index in [-0.39, 0.29) is 17.7 Å². The van der Waals surface area contributed by atoms with Crippen molar-refractivity contribution >= 4 is 17.9 Å². The summed E-state index contributed by atoms with van der Waals surface area (Å²) in [4.78, 5) is 28.8. The fourth-order valence-electron chi connectivity index (χ4n) is 2.97. The number of ether oxygens (including phenoxy) is 2. The van der Waals surface area contributed by atoms with Gasteiger partial charge in [-0.15, -0.1) is 0 Å². The Morgan fingerprint density at radius 2 is 1.81 bits per heavy atom. The van der Waals surface area contributed by atoms with Crippen LogP contribution in [-0.4, -0.2) is 32.6 Å². The van der Waals surface area contributed by atoms with Gasteiger partial charge in [-0.3, -0.25) is 9.59 Å². The molecule has 0 spiro atoms. The highest BCUT2D eigenvalue weighted by Crippen LogP contribution is 2.22. The van der Waals surface area contributed by atoms with E-state index >= 15 is 0 Å². The van der Waals surface area contributed by atoms with Crippen molar-refractivity contribution in [2.45, 2.75) is 13.3 Å². The number of carbonyl (C=O) groups excluding carboxylic acids is 2. The van der Waals surface area contributed by atoms with E-state index in [4.69, 9.17) is 9.47 Å². The Kier molecular flexibility index (Phi) is 5.54. The second-order valence-corrected chi connectivity index (χ2v) is 6.43. The molecule has 6 heteroatoms. The van der Waals surface area contributed by atoms with Crippen LogP contribution in [0, 0.1) is 12.8 Å². The molecule has 0 bridgehead atoms. The van der Waals surface area contributed by atoms with Crippen molar-refractivity contribution in [3.63, 3.8) is 0 Å². The molecule has 3 rings (SSSR count). The summed E-state index contributed by atoms with van der Waals surface area (Å²) in [6.07, 6.45) is 2.41. The first kappa shape index (κ1) is 18.6. The minimum atomic E-state index is -0.333. The maximum atomic E-state index is 12.4. The third-order valence-electron chi connectivity index (χ3n) is 4.47. The number of fused-ring (bicyclic) bond motifs is 1. The lowest BCUT2D eigenvalue weighted by Crippen LogP contribution is -2.35. The van der Waals surface area contributed by atoms with Gasteiger partial charge >= 0.3 is 0 Å². The maximum Gasteiger partial charge on any atom is 0.253 e. The second-order valence-electron chi connectivity index (χ2n) is 6.43. The number of amides is 2. The van der Waals surface area contributed by atoms with Crippen LogP contribution in [0.15, 0.2) is 41.4 Å². The quantitative estimate of drug-likeness (QED) is 0.838. The predicted molar refractivity (Wildman–Crippen MR) is 101 cm³/mol. The summed E-state index contributed by atoms with van der Waals surface area (Å²) in [7, 11) is 3.06. The highest BCUT2D eigenvalue weighted by atomic mass is 16.5. The van der Waals surface area contributed by atoms with E-state index in [9.17, 15) is 9.59 Å². The SMILES string of the molecule is COc1cc(OC)cc(C(=O)NCCC2C=c3ccc(C)cc3=NC2=O)c1. The highest BCUT2D eigenvalue weighted by molar-refractivity contribution is 5.95. The predicted octanol–water partition coefficient (Wildman–Crippen LogP) is 1.39. The lowest BCUT2D eigenvalue weighted by atomic mass is 9.99. The molecular weight excluding hydrogens is 344 g/mol. The van der Waals surface area contributed by atoms with Crippen LogP contribution < -0.4 is 25.4 Å². The molecule has 2 amide bonds. The molecule has 2 aromatic rings. The summed E-state index contributed by atoms with van der Waals surface area (Å²) >= 11 is 0. The number of nitrogens with zero attached hydrogens (tertiary/aromatic N) is 1. The van der Waals surface area contributed by atoms with Crippen molar-refractivity contribution in [3.05, 3.63) is 58.1 Å². The van der Waals surface area contributed by atoms with Crippen molar-refractivity contribution in [2.75, 3.05) is 20.8 Å². The highest BCUT2D eigenvalue weighted by Gasteiger charge is 2.18. The second kappa shape index (κ2) is 8.03. The van der Waals surface area contributed by atoms with Gasteiger partial charge in [0.25, 0.3) is 11.8 Å². The zero-order chi connectivity index (χ0) is 19.4. The van der Waals surface area contributed by atoms with Gasteiger partial charge in [-0.2, -0.15) is 0 Å². The Morgan fingerprint density at radius 1 is 1.11 bits per heavy atom. The van der Waals surface area contributed by atoms with Crippen LogP contribution in [-0.2, 0) is 4.79 Å². The molecule has 1 unspecified atom stereocenters. The minimum absolute atomic E-state index is 0.176. The van der Waals surface area contributed by atoms with Crippen LogP contribution in [0.4, 0.5) is 0 Å². The molecule has 0 aromatic heterocycles. The number of aryl methyl sites for hydroxylation is 1. The molecular formula is C21H22N2O4. The average Bonchev–Trinajstić information content (AvgIpc) is 2.67. The van der Waals surface area contributed by atoms with Crippen LogP contribution in [0.5, 0.6) is 11.5 Å². The van der Waals surface area contributed by atoms with Crippen LogP contribution >= 0.6 is 0 Å². The number of benzene rings is 2. The van der Waals surface area contributed by atoms with Gasteiger partial charge in [0.2, 0.25) is 0 Å². The number of hydrogen-bond donors (Lipinski definition) is 1. The van der Waals surface area contributed by atoms with Gasteiger partial charge in [0.15, 0.2) is 0 Å². The van der Waals surface area contributed by atoms with E-state index in [0.717, 1.165) is 10.8 Å². The Morgan fingerprint density at radius 3 is 2.48 bits per heavy atom. The van der Waals surface area contributed by atoms with Gasteiger partial charge in [-0.1, -0.05) is 18.2 Å². The smallest absolute Gasteiger partial charge is 0.253 e. The zero-order valence-corrected chi connectivity index (χ0v) is 15.6. The van der Waals surface area contributed by atoms with Crippen molar-refractivity contribution in [1.29, 1.82) is 0 Å². The Labute approximate surface area is 157 Å². The molecule has 0 saturated heterocycles. The lowest BCUT2D eigenvalue weighted by molar-refractivity contribution is -0.120. The molecule has 1 N–H and O–H groups in total. The Hall–Kier alpha value is -3.15. The van der Waals surface area contributed by atoms with E-state index in [1.165, 1.54) is 14.2 Å². The molecule has 0 radical (unpaired) electrons. The Bertz CT molecular complexity index is 975. The van der Waals surface area contributed by atoms with E-state index < -0.39 is 0 Å². The van der Waals surface area contributed by atoms with Crippen molar-refractivity contribution in [2.24, 2.45) is 10.9 Å². The fraction of sp³-hybridized carbons (Fsp3) is 0.286. The summed E-state index contributed by atoms with van der Waals surface area (Å²) < 4.78 is 10.4. The molecule has 0 aliphatic carbocycles. The maximum absolute atomic E-state index is 12.4. The van der Waals surface area contributed by atoms with Crippen molar-refractivity contribution < 1.29 is 19.1 Å². The van der Waals surface area contributed by atoms with Crippen LogP contribution in [0.25, 0.3) is 6.08 Å². The number of hydrogen-bond acceptors (Lipinski definition) is 4. The molecule has 1 aliphatic rings. The first-order chi connectivity index (χ1) is 13.0. The molecule has 1 atom stereocenters. The molecule has 6 nitrogen and oxygen atoms in total. The summed E-state index contributed by atoms with van der Waals surface area (Å²) in [6.45, 7) is 2.33. The molecule has 140 valence electrons. The minimum Gasteiger partial charge on any atom is -0.497 e. The van der Waals surface area contributed by atoms with Gasteiger partial charge in [-0.25, -0.2) is 4.99 Å². The van der Waals surface area contributed by atoms with Crippen molar-refractivity contribution in [1.82, 2.24) is 5.32 Å². The monoisotopic (exact) mass is 366 g/mol. The molecule has 1 heterocycles. The van der Waals surface area contributed by atoms with Crippen LogP contribution in [0.1, 0.15) is 22.3 Å². The topological polar surface area (TPSA) is 77.0 Å². The number of rotatable bonds is 6. The zero-order valence-electron chi connectivity index (χ0n) is 15.6. The molecule has 27 heavy (non-hydrogen) atoms. The van der Waals surface area contributed by atoms with E-state index in [0.29, 0.717) is 35.4 Å². The molecule has 0 saturated carbocycles. The summed E-state index contributed by atoms with van der Waals surface area (Å²) in [5, 5.41) is 4.50. The summed E-state index contributed by atoms with van der Waals surface area (Å²) in [6, 6.07) is 10.8. The van der Waals surface area contributed by atoms with Gasteiger partial charge in [-0.05, 0) is 42.3 Å². The molecule has 2 aromatic carbocycles. The normalized spacial score (nSPS) is 15.2. The Balaban J connectivity index is 1.65. The van der Waals surface area contributed by atoms with Gasteiger partial charge in [0, 0.05) is 18.2 Å². The first-order valence-corrected chi connectivity index (χ1v) is 8.72. The van der Waals surface area contributed by atoms with E-state index in [1.807, 2.05) is 31.2 Å². The van der Waals surface area contributed by atoms with Gasteiger partial charge < -0.3 is 14.8 Å². The first-order valence-electron chi connectivity index (χ1n) is 8.72.